The minimum absolute atomic E-state index is 0.0799. The Kier molecular flexibility index (Phi) is 5.57. The molecule has 1 atom stereocenters. The molecule has 1 aliphatic heterocycles. The smallest absolute Gasteiger partial charge is 0.318 e. The number of piperazine rings is 1. The van der Waals surface area contributed by atoms with E-state index in [1.165, 1.54) is 0 Å². The molecule has 1 heterocycles. The molecule has 1 rings (SSSR count). The number of carboxylic acid groups (broad SMARTS) is 1. The maximum atomic E-state index is 12.2. The fourth-order valence-electron chi connectivity index (χ4n) is 2.40. The Labute approximate surface area is 125 Å². The molecule has 1 aliphatic rings. The van der Waals surface area contributed by atoms with Crippen molar-refractivity contribution in [3.8, 4) is 0 Å². The summed E-state index contributed by atoms with van der Waals surface area (Å²) in [6.07, 6.45) is 0.607. The molecule has 0 aliphatic carbocycles. The van der Waals surface area contributed by atoms with Crippen molar-refractivity contribution in [1.29, 1.82) is 0 Å². The molecule has 3 amide bonds. The molecule has 1 fully saturated rings. The second-order valence-corrected chi connectivity index (χ2v) is 6.16. The van der Waals surface area contributed by atoms with Crippen LogP contribution in [0.1, 0.15) is 33.6 Å². The lowest BCUT2D eigenvalue weighted by Crippen LogP contribution is -2.65. The summed E-state index contributed by atoms with van der Waals surface area (Å²) in [6, 6.07) is -0.274. The van der Waals surface area contributed by atoms with Gasteiger partial charge in [0.25, 0.3) is 0 Å². The van der Waals surface area contributed by atoms with Crippen molar-refractivity contribution >= 4 is 17.9 Å². The molecule has 7 nitrogen and oxygen atoms in total. The van der Waals surface area contributed by atoms with Gasteiger partial charge in [0.2, 0.25) is 5.91 Å². The number of nitrogens with one attached hydrogen (secondary N) is 1. The lowest BCUT2D eigenvalue weighted by molar-refractivity contribution is -0.144. The second-order valence-electron chi connectivity index (χ2n) is 6.16. The van der Waals surface area contributed by atoms with Crippen LogP contribution < -0.4 is 5.32 Å². The average Bonchev–Trinajstić information content (AvgIpc) is 2.40. The largest absolute Gasteiger partial charge is 0.481 e. The second kappa shape index (κ2) is 6.78. The summed E-state index contributed by atoms with van der Waals surface area (Å²) < 4.78 is 0. The molecule has 21 heavy (non-hydrogen) atoms. The molecule has 0 aromatic heterocycles. The van der Waals surface area contributed by atoms with Crippen molar-refractivity contribution in [2.75, 3.05) is 26.7 Å². The first-order chi connectivity index (χ1) is 9.66. The Morgan fingerprint density at radius 2 is 2.00 bits per heavy atom. The zero-order chi connectivity index (χ0) is 16.2. The SMILES string of the molecule is CC(CCC(=O)O)CNC(=O)N1CCN(C)C(=O)C1(C)C. The number of carboxylic acids is 1. The quantitative estimate of drug-likeness (QED) is 0.784. The molecule has 1 unspecified atom stereocenters. The topological polar surface area (TPSA) is 89.9 Å². The van der Waals surface area contributed by atoms with Crippen LogP contribution in [0.3, 0.4) is 0 Å². The highest BCUT2D eigenvalue weighted by molar-refractivity contribution is 5.91. The summed E-state index contributed by atoms with van der Waals surface area (Å²) in [7, 11) is 1.73. The summed E-state index contributed by atoms with van der Waals surface area (Å²) in [5, 5.41) is 11.4. The Morgan fingerprint density at radius 1 is 1.38 bits per heavy atom. The minimum atomic E-state index is -0.860. The predicted octanol–water partition coefficient (Wildman–Crippen LogP) is 0.750. The van der Waals surface area contributed by atoms with Crippen LogP contribution in [0.4, 0.5) is 4.79 Å². The van der Waals surface area contributed by atoms with Gasteiger partial charge in [-0.15, -0.1) is 0 Å². The van der Waals surface area contributed by atoms with E-state index in [0.717, 1.165) is 0 Å². The molecule has 0 radical (unpaired) electrons. The number of hydrogen-bond donors (Lipinski definition) is 2. The monoisotopic (exact) mass is 299 g/mol. The summed E-state index contributed by atoms with van der Waals surface area (Å²) in [4.78, 5) is 38.0. The van der Waals surface area contributed by atoms with E-state index in [1.807, 2.05) is 6.92 Å². The van der Waals surface area contributed by atoms with Gasteiger partial charge in [-0.2, -0.15) is 0 Å². The molecule has 120 valence electrons. The minimum Gasteiger partial charge on any atom is -0.481 e. The van der Waals surface area contributed by atoms with Crippen molar-refractivity contribution in [3.05, 3.63) is 0 Å². The fourth-order valence-corrected chi connectivity index (χ4v) is 2.40. The Bertz CT molecular complexity index is 422. The van der Waals surface area contributed by atoms with Crippen LogP contribution in [0.2, 0.25) is 0 Å². The van der Waals surface area contributed by atoms with E-state index in [4.69, 9.17) is 5.11 Å². The Hall–Kier alpha value is -1.79. The van der Waals surface area contributed by atoms with Crippen LogP contribution in [-0.4, -0.2) is 65.0 Å². The van der Waals surface area contributed by atoms with Crippen LogP contribution in [-0.2, 0) is 9.59 Å². The van der Waals surface area contributed by atoms with Crippen molar-refractivity contribution in [2.24, 2.45) is 5.92 Å². The first-order valence-corrected chi connectivity index (χ1v) is 7.19. The van der Waals surface area contributed by atoms with Gasteiger partial charge >= 0.3 is 12.0 Å². The van der Waals surface area contributed by atoms with E-state index in [2.05, 4.69) is 5.32 Å². The van der Waals surface area contributed by atoms with Gasteiger partial charge in [0.05, 0.1) is 0 Å². The summed E-state index contributed by atoms with van der Waals surface area (Å²) >= 11 is 0. The first kappa shape index (κ1) is 17.3. The number of carbonyl (C=O) groups excluding carboxylic acids is 2. The number of rotatable bonds is 5. The highest BCUT2D eigenvalue weighted by atomic mass is 16.4. The van der Waals surface area contributed by atoms with Crippen LogP contribution in [0.15, 0.2) is 0 Å². The number of carbonyl (C=O) groups is 3. The van der Waals surface area contributed by atoms with E-state index >= 15 is 0 Å². The molecular formula is C14H25N3O4. The van der Waals surface area contributed by atoms with Crippen molar-refractivity contribution in [1.82, 2.24) is 15.1 Å². The van der Waals surface area contributed by atoms with Crippen LogP contribution in [0.5, 0.6) is 0 Å². The third kappa shape index (κ3) is 4.34. The van der Waals surface area contributed by atoms with Gasteiger partial charge in [0, 0.05) is 33.1 Å². The van der Waals surface area contributed by atoms with Gasteiger partial charge in [-0.1, -0.05) is 6.92 Å². The maximum Gasteiger partial charge on any atom is 0.318 e. The summed E-state index contributed by atoms with van der Waals surface area (Å²) in [5.41, 5.74) is -0.860. The molecular weight excluding hydrogens is 274 g/mol. The van der Waals surface area contributed by atoms with Crippen molar-refractivity contribution in [3.63, 3.8) is 0 Å². The fraction of sp³-hybridized carbons (Fsp3) is 0.786. The lowest BCUT2D eigenvalue weighted by Gasteiger charge is -2.44. The van der Waals surface area contributed by atoms with Gasteiger partial charge in [-0.25, -0.2) is 4.79 Å². The molecule has 1 saturated heterocycles. The van der Waals surface area contributed by atoms with Crippen LogP contribution in [0, 0.1) is 5.92 Å². The third-order valence-corrected chi connectivity index (χ3v) is 3.90. The summed E-state index contributed by atoms with van der Waals surface area (Å²) in [5.74, 6) is -0.835. The predicted molar refractivity (Wildman–Crippen MR) is 77.9 cm³/mol. The zero-order valence-electron chi connectivity index (χ0n) is 13.2. The van der Waals surface area contributed by atoms with E-state index in [0.29, 0.717) is 26.1 Å². The van der Waals surface area contributed by atoms with Crippen molar-refractivity contribution in [2.45, 2.75) is 39.2 Å². The molecule has 0 aromatic carbocycles. The Balaban J connectivity index is 2.52. The van der Waals surface area contributed by atoms with E-state index in [-0.39, 0.29) is 24.3 Å². The number of likely N-dealkylation sites (N-methyl/N-ethyl adjacent to an activating group) is 1. The van der Waals surface area contributed by atoms with E-state index < -0.39 is 11.5 Å². The number of hydrogen-bond acceptors (Lipinski definition) is 3. The molecule has 0 bridgehead atoms. The molecule has 2 N–H and O–H groups in total. The van der Waals surface area contributed by atoms with Gasteiger partial charge in [0.1, 0.15) is 5.54 Å². The highest BCUT2D eigenvalue weighted by Crippen LogP contribution is 2.21. The van der Waals surface area contributed by atoms with Gasteiger partial charge in [0.15, 0.2) is 0 Å². The molecule has 0 aromatic rings. The lowest BCUT2D eigenvalue weighted by atomic mass is 9.98. The van der Waals surface area contributed by atoms with Gasteiger partial charge < -0.3 is 20.2 Å². The molecule has 0 saturated carbocycles. The summed E-state index contributed by atoms with van der Waals surface area (Å²) in [6.45, 7) is 6.78. The van der Waals surface area contributed by atoms with E-state index in [1.54, 1.807) is 30.7 Å². The van der Waals surface area contributed by atoms with Gasteiger partial charge in [-0.3, -0.25) is 9.59 Å². The van der Waals surface area contributed by atoms with Gasteiger partial charge in [-0.05, 0) is 26.2 Å². The maximum absolute atomic E-state index is 12.2. The normalized spacial score (nSPS) is 19.3. The first-order valence-electron chi connectivity index (χ1n) is 7.19. The van der Waals surface area contributed by atoms with Crippen LogP contribution in [0.25, 0.3) is 0 Å². The zero-order valence-corrected chi connectivity index (χ0v) is 13.2. The average molecular weight is 299 g/mol. The van der Waals surface area contributed by atoms with Crippen molar-refractivity contribution < 1.29 is 19.5 Å². The number of urea groups is 1. The highest BCUT2D eigenvalue weighted by Gasteiger charge is 2.42. The third-order valence-electron chi connectivity index (χ3n) is 3.90. The number of amides is 3. The molecule has 0 spiro atoms. The van der Waals surface area contributed by atoms with Crippen LogP contribution >= 0.6 is 0 Å². The number of nitrogens with zero attached hydrogens (tertiary/aromatic N) is 2. The number of aliphatic carboxylic acids is 1. The standard InChI is InChI=1S/C14H25N3O4/c1-10(5-6-11(18)19)9-15-13(21)17-8-7-16(4)12(20)14(17,2)3/h10H,5-9H2,1-4H3,(H,15,21)(H,18,19). The van der Waals surface area contributed by atoms with E-state index in [9.17, 15) is 14.4 Å². The molecule has 7 heteroatoms. The Morgan fingerprint density at radius 3 is 2.57 bits per heavy atom.